The van der Waals surface area contributed by atoms with E-state index in [4.69, 9.17) is 4.42 Å². The van der Waals surface area contributed by atoms with Crippen LogP contribution in [0.25, 0.3) is 11.3 Å². The summed E-state index contributed by atoms with van der Waals surface area (Å²) in [5.74, 6) is 0.825. The molecule has 0 aliphatic carbocycles. The van der Waals surface area contributed by atoms with Gasteiger partial charge in [-0.25, -0.2) is 4.39 Å². The Morgan fingerprint density at radius 1 is 1.25 bits per heavy atom. The molecule has 3 rings (SSSR count). The standard InChI is InChI=1S/C19H23FN2O2/c1-2-21-13-14-9-11-22(12-10-14)19(23)18-8-7-17(24-18)15-5-3-4-6-16(15)20/h3-8,14,21H,2,9-13H2,1H3. The molecule has 1 aromatic heterocycles. The first-order chi connectivity index (χ1) is 11.7. The summed E-state index contributed by atoms with van der Waals surface area (Å²) in [4.78, 5) is 14.4. The largest absolute Gasteiger partial charge is 0.451 e. The molecule has 2 aromatic rings. The molecule has 1 fully saturated rings. The molecule has 0 radical (unpaired) electrons. The van der Waals surface area contributed by atoms with Gasteiger partial charge in [-0.15, -0.1) is 0 Å². The molecule has 1 aromatic carbocycles. The van der Waals surface area contributed by atoms with Crippen LogP contribution < -0.4 is 5.32 Å². The Balaban J connectivity index is 1.64. The summed E-state index contributed by atoms with van der Waals surface area (Å²) in [6, 6.07) is 9.70. The fourth-order valence-electron chi connectivity index (χ4n) is 3.10. The van der Waals surface area contributed by atoms with Crippen molar-refractivity contribution in [3.05, 3.63) is 48.0 Å². The summed E-state index contributed by atoms with van der Waals surface area (Å²) in [7, 11) is 0. The zero-order valence-corrected chi connectivity index (χ0v) is 13.9. The average Bonchev–Trinajstić information content (AvgIpc) is 3.10. The number of furan rings is 1. The number of piperidine rings is 1. The molecule has 24 heavy (non-hydrogen) atoms. The van der Waals surface area contributed by atoms with Crippen molar-refractivity contribution in [2.45, 2.75) is 19.8 Å². The summed E-state index contributed by atoms with van der Waals surface area (Å²) < 4.78 is 19.4. The third-order valence-corrected chi connectivity index (χ3v) is 4.54. The van der Waals surface area contributed by atoms with Crippen LogP contribution in [0.3, 0.4) is 0 Å². The van der Waals surface area contributed by atoms with Gasteiger partial charge in [0.25, 0.3) is 5.91 Å². The van der Waals surface area contributed by atoms with E-state index in [1.165, 1.54) is 6.07 Å². The Hall–Kier alpha value is -2.14. The number of hydrogen-bond acceptors (Lipinski definition) is 3. The minimum atomic E-state index is -0.352. The highest BCUT2D eigenvalue weighted by atomic mass is 19.1. The van der Waals surface area contributed by atoms with E-state index in [1.807, 2.05) is 4.90 Å². The monoisotopic (exact) mass is 330 g/mol. The lowest BCUT2D eigenvalue weighted by molar-refractivity contribution is 0.0659. The summed E-state index contributed by atoms with van der Waals surface area (Å²) >= 11 is 0. The first-order valence-corrected chi connectivity index (χ1v) is 8.53. The maximum atomic E-state index is 13.8. The molecule has 0 bridgehead atoms. The maximum absolute atomic E-state index is 13.8. The summed E-state index contributed by atoms with van der Waals surface area (Å²) in [5.41, 5.74) is 0.376. The van der Waals surface area contributed by atoms with E-state index >= 15 is 0 Å². The molecule has 1 aliphatic heterocycles. The summed E-state index contributed by atoms with van der Waals surface area (Å²) in [5, 5.41) is 3.36. The molecule has 0 saturated carbocycles. The Labute approximate surface area is 141 Å². The van der Waals surface area contributed by atoms with Crippen molar-refractivity contribution in [3.8, 4) is 11.3 Å². The van der Waals surface area contributed by atoms with Crippen LogP contribution >= 0.6 is 0 Å². The van der Waals surface area contributed by atoms with E-state index in [2.05, 4.69) is 12.2 Å². The maximum Gasteiger partial charge on any atom is 0.289 e. The molecule has 1 amide bonds. The second-order valence-corrected chi connectivity index (χ2v) is 6.19. The quantitative estimate of drug-likeness (QED) is 0.912. The average molecular weight is 330 g/mol. The van der Waals surface area contributed by atoms with Crippen LogP contribution in [0, 0.1) is 11.7 Å². The zero-order chi connectivity index (χ0) is 16.9. The Kier molecular flexibility index (Phi) is 5.30. The van der Waals surface area contributed by atoms with E-state index in [1.54, 1.807) is 30.3 Å². The molecule has 0 unspecified atom stereocenters. The predicted molar refractivity (Wildman–Crippen MR) is 91.3 cm³/mol. The van der Waals surface area contributed by atoms with Crippen LogP contribution in [-0.4, -0.2) is 37.0 Å². The van der Waals surface area contributed by atoms with Crippen LogP contribution in [-0.2, 0) is 0 Å². The molecule has 1 aliphatic rings. The molecule has 2 heterocycles. The van der Waals surface area contributed by atoms with E-state index in [0.29, 0.717) is 17.2 Å². The second kappa shape index (κ2) is 7.62. The van der Waals surface area contributed by atoms with Gasteiger partial charge in [0.05, 0.1) is 5.56 Å². The lowest BCUT2D eigenvalue weighted by Crippen LogP contribution is -2.40. The van der Waals surface area contributed by atoms with Crippen molar-refractivity contribution in [1.82, 2.24) is 10.2 Å². The van der Waals surface area contributed by atoms with Crippen molar-refractivity contribution in [1.29, 1.82) is 0 Å². The SMILES string of the molecule is CCNCC1CCN(C(=O)c2ccc(-c3ccccc3F)o2)CC1. The highest BCUT2D eigenvalue weighted by Gasteiger charge is 2.25. The Morgan fingerprint density at radius 3 is 2.71 bits per heavy atom. The third-order valence-electron chi connectivity index (χ3n) is 4.54. The van der Waals surface area contributed by atoms with Gasteiger partial charge in [-0.1, -0.05) is 19.1 Å². The first-order valence-electron chi connectivity index (χ1n) is 8.53. The van der Waals surface area contributed by atoms with Gasteiger partial charge in [0.2, 0.25) is 0 Å². The normalized spacial score (nSPS) is 15.7. The molecule has 0 spiro atoms. The highest BCUT2D eigenvalue weighted by molar-refractivity contribution is 5.92. The molecule has 1 N–H and O–H groups in total. The molecule has 0 atom stereocenters. The van der Waals surface area contributed by atoms with Crippen LogP contribution in [0.2, 0.25) is 0 Å². The van der Waals surface area contributed by atoms with E-state index in [0.717, 1.165) is 39.0 Å². The molecular weight excluding hydrogens is 307 g/mol. The van der Waals surface area contributed by atoms with Crippen LogP contribution in [0.1, 0.15) is 30.3 Å². The van der Waals surface area contributed by atoms with Crippen LogP contribution in [0.15, 0.2) is 40.8 Å². The number of likely N-dealkylation sites (tertiary alicyclic amines) is 1. The van der Waals surface area contributed by atoms with Gasteiger partial charge < -0.3 is 14.6 Å². The van der Waals surface area contributed by atoms with Crippen molar-refractivity contribution < 1.29 is 13.6 Å². The smallest absolute Gasteiger partial charge is 0.289 e. The highest BCUT2D eigenvalue weighted by Crippen LogP contribution is 2.26. The van der Waals surface area contributed by atoms with Crippen molar-refractivity contribution in [3.63, 3.8) is 0 Å². The van der Waals surface area contributed by atoms with Gasteiger partial charge in [-0.05, 0) is 56.1 Å². The van der Waals surface area contributed by atoms with Gasteiger partial charge >= 0.3 is 0 Å². The predicted octanol–water partition coefficient (Wildman–Crippen LogP) is 3.55. The number of rotatable bonds is 5. The Bertz CT molecular complexity index is 690. The fourth-order valence-corrected chi connectivity index (χ4v) is 3.10. The van der Waals surface area contributed by atoms with E-state index < -0.39 is 0 Å². The number of carbonyl (C=O) groups is 1. The zero-order valence-electron chi connectivity index (χ0n) is 13.9. The number of nitrogens with zero attached hydrogens (tertiary/aromatic N) is 1. The van der Waals surface area contributed by atoms with Crippen LogP contribution in [0.5, 0.6) is 0 Å². The first kappa shape index (κ1) is 16.7. The second-order valence-electron chi connectivity index (χ2n) is 6.19. The molecule has 5 heteroatoms. The molecule has 4 nitrogen and oxygen atoms in total. The minimum absolute atomic E-state index is 0.112. The Morgan fingerprint density at radius 2 is 2.00 bits per heavy atom. The fraction of sp³-hybridized carbons (Fsp3) is 0.421. The number of carbonyl (C=O) groups excluding carboxylic acids is 1. The lowest BCUT2D eigenvalue weighted by atomic mass is 9.96. The molecule has 128 valence electrons. The van der Waals surface area contributed by atoms with E-state index in [9.17, 15) is 9.18 Å². The third kappa shape index (κ3) is 3.67. The molecule has 1 saturated heterocycles. The van der Waals surface area contributed by atoms with Gasteiger partial charge in [0.1, 0.15) is 11.6 Å². The minimum Gasteiger partial charge on any atom is -0.451 e. The summed E-state index contributed by atoms with van der Waals surface area (Å²) in [6.07, 6.45) is 2.00. The summed E-state index contributed by atoms with van der Waals surface area (Å²) in [6.45, 7) is 5.57. The molecular formula is C19H23FN2O2. The van der Waals surface area contributed by atoms with Crippen molar-refractivity contribution >= 4 is 5.91 Å². The van der Waals surface area contributed by atoms with Crippen molar-refractivity contribution in [2.75, 3.05) is 26.2 Å². The number of halogens is 1. The van der Waals surface area contributed by atoms with Gasteiger partial charge in [0, 0.05) is 13.1 Å². The number of amides is 1. The van der Waals surface area contributed by atoms with Crippen molar-refractivity contribution in [2.24, 2.45) is 5.92 Å². The van der Waals surface area contributed by atoms with Crippen LogP contribution in [0.4, 0.5) is 4.39 Å². The van der Waals surface area contributed by atoms with E-state index in [-0.39, 0.29) is 17.5 Å². The van der Waals surface area contributed by atoms with Gasteiger partial charge in [0.15, 0.2) is 5.76 Å². The number of nitrogens with one attached hydrogen (secondary N) is 1. The number of benzene rings is 1. The van der Waals surface area contributed by atoms with Gasteiger partial charge in [-0.2, -0.15) is 0 Å². The number of hydrogen-bond donors (Lipinski definition) is 1. The lowest BCUT2D eigenvalue weighted by Gasteiger charge is -2.31. The topological polar surface area (TPSA) is 45.5 Å². The van der Waals surface area contributed by atoms with Gasteiger partial charge in [-0.3, -0.25) is 4.79 Å².